The van der Waals surface area contributed by atoms with Gasteiger partial charge in [-0.05, 0) is 24.6 Å². The van der Waals surface area contributed by atoms with Crippen LogP contribution in [0.3, 0.4) is 0 Å². The third kappa shape index (κ3) is 4.32. The van der Waals surface area contributed by atoms with Gasteiger partial charge in [0.15, 0.2) is 9.84 Å². The SMILES string of the molecule is Cc1ccc(C(=O)O)cc1S(=O)(=O)CCS(C)(=O)=O. The van der Waals surface area contributed by atoms with E-state index in [4.69, 9.17) is 5.11 Å². The molecule has 0 heterocycles. The average molecular weight is 306 g/mol. The van der Waals surface area contributed by atoms with E-state index in [1.165, 1.54) is 19.1 Å². The van der Waals surface area contributed by atoms with E-state index in [-0.39, 0.29) is 10.5 Å². The summed E-state index contributed by atoms with van der Waals surface area (Å²) in [6.07, 6.45) is 0.947. The number of carbonyl (C=O) groups is 1. The summed E-state index contributed by atoms with van der Waals surface area (Å²) in [4.78, 5) is 10.7. The Hall–Kier alpha value is -1.41. The normalized spacial score (nSPS) is 12.3. The van der Waals surface area contributed by atoms with Crippen molar-refractivity contribution < 1.29 is 26.7 Å². The van der Waals surface area contributed by atoms with Crippen molar-refractivity contribution in [2.75, 3.05) is 17.8 Å². The van der Waals surface area contributed by atoms with Gasteiger partial charge in [0.2, 0.25) is 0 Å². The van der Waals surface area contributed by atoms with Crippen LogP contribution in [-0.4, -0.2) is 45.7 Å². The lowest BCUT2D eigenvalue weighted by Crippen LogP contribution is -2.17. The second-order valence-corrected chi connectivity index (χ2v) is 8.57. The minimum absolute atomic E-state index is 0.143. The maximum absolute atomic E-state index is 12.0. The summed E-state index contributed by atoms with van der Waals surface area (Å²) in [5.74, 6) is -2.29. The standard InChI is InChI=1S/C11H14O6S2/c1-8-3-4-9(11(12)13)7-10(8)19(16,17)6-5-18(2,14)15/h3-4,7H,5-6H2,1-2H3,(H,12,13). The van der Waals surface area contributed by atoms with Gasteiger partial charge in [-0.15, -0.1) is 0 Å². The monoisotopic (exact) mass is 306 g/mol. The largest absolute Gasteiger partial charge is 0.478 e. The molecular weight excluding hydrogens is 292 g/mol. The molecule has 1 rings (SSSR count). The molecule has 8 heteroatoms. The summed E-state index contributed by atoms with van der Waals surface area (Å²) in [5.41, 5.74) is 0.238. The maximum Gasteiger partial charge on any atom is 0.335 e. The molecule has 0 bridgehead atoms. The average Bonchev–Trinajstić information content (AvgIpc) is 2.25. The van der Waals surface area contributed by atoms with Gasteiger partial charge in [0.05, 0.1) is 22.0 Å². The third-order valence-electron chi connectivity index (χ3n) is 2.49. The van der Waals surface area contributed by atoms with Crippen molar-refractivity contribution in [2.45, 2.75) is 11.8 Å². The molecular formula is C11H14O6S2. The Kier molecular flexibility index (Phi) is 4.36. The number of carboxylic acids is 1. The fourth-order valence-corrected chi connectivity index (χ4v) is 4.61. The predicted molar refractivity (Wildman–Crippen MR) is 69.9 cm³/mol. The number of carboxylic acid groups (broad SMARTS) is 1. The molecule has 0 aliphatic rings. The molecule has 0 saturated carbocycles. The van der Waals surface area contributed by atoms with E-state index in [0.29, 0.717) is 5.56 Å². The van der Waals surface area contributed by atoms with E-state index >= 15 is 0 Å². The van der Waals surface area contributed by atoms with E-state index in [9.17, 15) is 21.6 Å². The Morgan fingerprint density at radius 2 is 1.74 bits per heavy atom. The fourth-order valence-electron chi connectivity index (χ4n) is 1.44. The zero-order valence-electron chi connectivity index (χ0n) is 10.5. The molecule has 0 amide bonds. The lowest BCUT2D eigenvalue weighted by Gasteiger charge is -2.08. The van der Waals surface area contributed by atoms with Crippen molar-refractivity contribution in [1.29, 1.82) is 0 Å². The summed E-state index contributed by atoms with van der Waals surface area (Å²) >= 11 is 0. The van der Waals surface area contributed by atoms with Gasteiger partial charge in [0.1, 0.15) is 9.84 Å². The Labute approximate surface area is 111 Å². The van der Waals surface area contributed by atoms with Crippen LogP contribution in [0, 0.1) is 6.92 Å². The van der Waals surface area contributed by atoms with E-state index in [0.717, 1.165) is 12.3 Å². The van der Waals surface area contributed by atoms with Crippen LogP contribution in [0.5, 0.6) is 0 Å². The number of hydrogen-bond donors (Lipinski definition) is 1. The molecule has 106 valence electrons. The topological polar surface area (TPSA) is 106 Å². The molecule has 1 aromatic carbocycles. The number of aryl methyl sites for hydroxylation is 1. The van der Waals surface area contributed by atoms with Crippen LogP contribution in [0.1, 0.15) is 15.9 Å². The minimum Gasteiger partial charge on any atom is -0.478 e. The number of aromatic carboxylic acids is 1. The van der Waals surface area contributed by atoms with Crippen LogP contribution in [0.25, 0.3) is 0 Å². The Morgan fingerprint density at radius 3 is 2.21 bits per heavy atom. The number of rotatable bonds is 5. The minimum atomic E-state index is -3.82. The fraction of sp³-hybridized carbons (Fsp3) is 0.364. The van der Waals surface area contributed by atoms with Crippen molar-refractivity contribution in [3.05, 3.63) is 29.3 Å². The molecule has 1 aromatic rings. The number of benzene rings is 1. The van der Waals surface area contributed by atoms with E-state index in [1.54, 1.807) is 0 Å². The lowest BCUT2D eigenvalue weighted by atomic mass is 10.1. The molecule has 0 fully saturated rings. The molecule has 0 atom stereocenters. The van der Waals surface area contributed by atoms with Crippen molar-refractivity contribution >= 4 is 25.6 Å². The quantitative estimate of drug-likeness (QED) is 0.849. The smallest absolute Gasteiger partial charge is 0.335 e. The van der Waals surface area contributed by atoms with Gasteiger partial charge in [-0.2, -0.15) is 0 Å². The van der Waals surface area contributed by atoms with E-state index < -0.39 is 37.1 Å². The first-order valence-electron chi connectivity index (χ1n) is 5.27. The summed E-state index contributed by atoms with van der Waals surface area (Å²) in [7, 11) is -7.22. The van der Waals surface area contributed by atoms with Gasteiger partial charge in [-0.3, -0.25) is 0 Å². The first kappa shape index (κ1) is 15.6. The summed E-state index contributed by atoms with van der Waals surface area (Å²) in [6.45, 7) is 1.53. The van der Waals surface area contributed by atoms with Crippen molar-refractivity contribution in [2.24, 2.45) is 0 Å². The van der Waals surface area contributed by atoms with Gasteiger partial charge in [-0.1, -0.05) is 6.07 Å². The van der Waals surface area contributed by atoms with Crippen molar-refractivity contribution in [1.82, 2.24) is 0 Å². The van der Waals surface area contributed by atoms with Crippen LogP contribution in [0.15, 0.2) is 23.1 Å². The summed E-state index contributed by atoms with van der Waals surface area (Å²) in [6, 6.07) is 3.74. The highest BCUT2D eigenvalue weighted by molar-refractivity contribution is 7.94. The zero-order valence-corrected chi connectivity index (χ0v) is 12.1. The Morgan fingerprint density at radius 1 is 1.16 bits per heavy atom. The first-order chi connectivity index (χ1) is 8.53. The van der Waals surface area contributed by atoms with Crippen molar-refractivity contribution in [3.63, 3.8) is 0 Å². The van der Waals surface area contributed by atoms with Crippen LogP contribution >= 0.6 is 0 Å². The van der Waals surface area contributed by atoms with Crippen LogP contribution in [0.4, 0.5) is 0 Å². The third-order valence-corrected chi connectivity index (χ3v) is 5.55. The van der Waals surface area contributed by atoms with Gasteiger partial charge < -0.3 is 5.11 Å². The molecule has 0 aliphatic carbocycles. The van der Waals surface area contributed by atoms with Gasteiger partial charge in [0.25, 0.3) is 0 Å². The van der Waals surface area contributed by atoms with Crippen molar-refractivity contribution in [3.8, 4) is 0 Å². The van der Waals surface area contributed by atoms with E-state index in [2.05, 4.69) is 0 Å². The summed E-state index contributed by atoms with van der Waals surface area (Å²) < 4.78 is 46.1. The predicted octanol–water partition coefficient (Wildman–Crippen LogP) is 0.512. The van der Waals surface area contributed by atoms with Gasteiger partial charge >= 0.3 is 5.97 Å². The Bertz CT molecular complexity index is 701. The molecule has 1 N–H and O–H groups in total. The number of sulfone groups is 2. The second kappa shape index (κ2) is 5.30. The first-order valence-corrected chi connectivity index (χ1v) is 8.98. The Balaban J connectivity index is 3.21. The molecule has 0 spiro atoms. The molecule has 0 unspecified atom stereocenters. The molecule has 19 heavy (non-hydrogen) atoms. The second-order valence-electron chi connectivity index (χ2n) is 4.23. The van der Waals surface area contributed by atoms with Gasteiger partial charge in [-0.25, -0.2) is 21.6 Å². The molecule has 0 aromatic heterocycles. The van der Waals surface area contributed by atoms with Gasteiger partial charge in [0, 0.05) is 6.26 Å². The maximum atomic E-state index is 12.0. The molecule has 0 aliphatic heterocycles. The molecule has 6 nitrogen and oxygen atoms in total. The highest BCUT2D eigenvalue weighted by Crippen LogP contribution is 2.19. The van der Waals surface area contributed by atoms with Crippen LogP contribution in [0.2, 0.25) is 0 Å². The highest BCUT2D eigenvalue weighted by Gasteiger charge is 2.21. The molecule has 0 radical (unpaired) electrons. The van der Waals surface area contributed by atoms with Crippen LogP contribution < -0.4 is 0 Å². The zero-order chi connectivity index (χ0) is 14.8. The summed E-state index contributed by atoms with van der Waals surface area (Å²) in [5, 5.41) is 8.83. The van der Waals surface area contributed by atoms with E-state index in [1.807, 2.05) is 0 Å². The number of hydrogen-bond acceptors (Lipinski definition) is 5. The lowest BCUT2D eigenvalue weighted by molar-refractivity contribution is 0.0696. The van der Waals surface area contributed by atoms with Crippen LogP contribution in [-0.2, 0) is 19.7 Å². The highest BCUT2D eigenvalue weighted by atomic mass is 32.2. The molecule has 0 saturated heterocycles.